The molecule has 2 aliphatic heterocycles. The van der Waals surface area contributed by atoms with Gasteiger partial charge in [0, 0.05) is 24.5 Å². The molecule has 3 unspecified atom stereocenters. The van der Waals surface area contributed by atoms with E-state index in [1.165, 1.54) is 38.5 Å². The highest BCUT2D eigenvalue weighted by Crippen LogP contribution is 2.46. The van der Waals surface area contributed by atoms with E-state index >= 15 is 0 Å². The predicted molar refractivity (Wildman–Crippen MR) is 79.7 cm³/mol. The van der Waals surface area contributed by atoms with Gasteiger partial charge in [0.25, 0.3) is 0 Å². The molecule has 3 nitrogen and oxygen atoms in total. The molecule has 3 heteroatoms. The molecular formula is C17H29NO2. The standard InChI is InChI=1S/C17H29NO2/c1-17(2)7-3-4-15(11-17)18-13-5-6-14(18)9-12(8-13)10-16(19)20/h12-15H,3-11H2,1-2H3,(H,19,20). The zero-order chi connectivity index (χ0) is 14.3. The summed E-state index contributed by atoms with van der Waals surface area (Å²) >= 11 is 0. The van der Waals surface area contributed by atoms with E-state index in [1.54, 1.807) is 0 Å². The maximum Gasteiger partial charge on any atom is 0.303 e. The minimum Gasteiger partial charge on any atom is -0.481 e. The van der Waals surface area contributed by atoms with Gasteiger partial charge in [-0.1, -0.05) is 20.3 Å². The van der Waals surface area contributed by atoms with Crippen molar-refractivity contribution in [1.29, 1.82) is 0 Å². The van der Waals surface area contributed by atoms with E-state index in [1.807, 2.05) is 0 Å². The quantitative estimate of drug-likeness (QED) is 0.857. The topological polar surface area (TPSA) is 40.5 Å². The molecule has 3 atom stereocenters. The molecule has 2 heterocycles. The van der Waals surface area contributed by atoms with Gasteiger partial charge in [-0.25, -0.2) is 0 Å². The Kier molecular flexibility index (Phi) is 3.83. The first-order chi connectivity index (χ1) is 9.44. The molecule has 1 saturated carbocycles. The van der Waals surface area contributed by atoms with E-state index in [4.69, 9.17) is 5.11 Å². The molecule has 0 spiro atoms. The van der Waals surface area contributed by atoms with E-state index in [-0.39, 0.29) is 0 Å². The minimum atomic E-state index is -0.610. The van der Waals surface area contributed by atoms with Gasteiger partial charge in [0.05, 0.1) is 0 Å². The lowest BCUT2D eigenvalue weighted by Crippen LogP contribution is -2.51. The summed E-state index contributed by atoms with van der Waals surface area (Å²) in [6.07, 6.45) is 10.7. The van der Waals surface area contributed by atoms with Crippen LogP contribution in [0.3, 0.4) is 0 Å². The molecule has 0 aromatic rings. The van der Waals surface area contributed by atoms with Crippen LogP contribution in [0.15, 0.2) is 0 Å². The third-order valence-corrected chi connectivity index (χ3v) is 5.95. The molecule has 0 amide bonds. The van der Waals surface area contributed by atoms with Gasteiger partial charge in [0.1, 0.15) is 0 Å². The van der Waals surface area contributed by atoms with Crippen molar-refractivity contribution in [3.05, 3.63) is 0 Å². The molecule has 0 radical (unpaired) electrons. The summed E-state index contributed by atoms with van der Waals surface area (Å²) in [5.74, 6) is -0.181. The van der Waals surface area contributed by atoms with Crippen LogP contribution in [0.2, 0.25) is 0 Å². The Morgan fingerprint density at radius 2 is 1.80 bits per heavy atom. The van der Waals surface area contributed by atoms with Crippen LogP contribution in [0.4, 0.5) is 0 Å². The Balaban J connectivity index is 1.66. The maximum atomic E-state index is 11.0. The van der Waals surface area contributed by atoms with E-state index in [9.17, 15) is 4.79 Å². The second-order valence-electron chi connectivity index (χ2n) is 8.18. The number of rotatable bonds is 3. The first-order valence-electron chi connectivity index (χ1n) is 8.44. The number of carbonyl (C=O) groups is 1. The molecule has 3 fully saturated rings. The lowest BCUT2D eigenvalue weighted by molar-refractivity contribution is -0.138. The molecule has 3 aliphatic rings. The van der Waals surface area contributed by atoms with Crippen molar-refractivity contribution in [2.24, 2.45) is 11.3 Å². The molecule has 20 heavy (non-hydrogen) atoms. The van der Waals surface area contributed by atoms with Crippen LogP contribution in [0, 0.1) is 11.3 Å². The minimum absolute atomic E-state index is 0.386. The Bertz CT molecular complexity index is 365. The fourth-order valence-corrected chi connectivity index (χ4v) is 5.25. The van der Waals surface area contributed by atoms with Crippen LogP contribution < -0.4 is 0 Å². The third-order valence-electron chi connectivity index (χ3n) is 5.95. The second-order valence-corrected chi connectivity index (χ2v) is 8.18. The lowest BCUT2D eigenvalue weighted by Gasteiger charge is -2.48. The van der Waals surface area contributed by atoms with Crippen LogP contribution in [0.5, 0.6) is 0 Å². The van der Waals surface area contributed by atoms with Crippen molar-refractivity contribution in [2.75, 3.05) is 0 Å². The maximum absolute atomic E-state index is 11.0. The highest BCUT2D eigenvalue weighted by atomic mass is 16.4. The first kappa shape index (κ1) is 14.4. The summed E-state index contributed by atoms with van der Waals surface area (Å²) in [5, 5.41) is 9.03. The summed E-state index contributed by atoms with van der Waals surface area (Å²) in [6, 6.07) is 2.12. The Hall–Kier alpha value is -0.570. The molecule has 114 valence electrons. The van der Waals surface area contributed by atoms with Crippen molar-refractivity contribution in [3.8, 4) is 0 Å². The average Bonchev–Trinajstić information content (AvgIpc) is 2.59. The zero-order valence-corrected chi connectivity index (χ0v) is 13.0. The number of fused-ring (bicyclic) bond motifs is 2. The van der Waals surface area contributed by atoms with Gasteiger partial charge in [0.15, 0.2) is 0 Å². The van der Waals surface area contributed by atoms with E-state index in [2.05, 4.69) is 18.7 Å². The Morgan fingerprint density at radius 1 is 1.15 bits per heavy atom. The van der Waals surface area contributed by atoms with Gasteiger partial charge >= 0.3 is 5.97 Å². The normalized spacial score (nSPS) is 40.7. The predicted octanol–water partition coefficient (Wildman–Crippen LogP) is 3.67. The molecule has 0 aromatic carbocycles. The van der Waals surface area contributed by atoms with Gasteiger partial charge in [-0.15, -0.1) is 0 Å². The Labute approximate surface area is 122 Å². The van der Waals surface area contributed by atoms with Crippen LogP contribution in [-0.4, -0.2) is 34.1 Å². The number of nitrogens with zero attached hydrogens (tertiary/aromatic N) is 1. The molecule has 0 aromatic heterocycles. The number of hydrogen-bond donors (Lipinski definition) is 1. The highest BCUT2D eigenvalue weighted by Gasteiger charge is 2.45. The monoisotopic (exact) mass is 279 g/mol. The highest BCUT2D eigenvalue weighted by molar-refractivity contribution is 5.67. The SMILES string of the molecule is CC1(C)CCCC(N2C3CCC2CC(CC(=O)O)C3)C1. The van der Waals surface area contributed by atoms with Crippen molar-refractivity contribution in [3.63, 3.8) is 0 Å². The smallest absolute Gasteiger partial charge is 0.303 e. The molecule has 1 N–H and O–H groups in total. The summed E-state index contributed by atoms with van der Waals surface area (Å²) in [6.45, 7) is 4.83. The fraction of sp³-hybridized carbons (Fsp3) is 0.941. The Morgan fingerprint density at radius 3 is 2.35 bits per heavy atom. The van der Waals surface area contributed by atoms with E-state index in [0.29, 0.717) is 29.8 Å². The first-order valence-corrected chi connectivity index (χ1v) is 8.44. The molecule has 1 aliphatic carbocycles. The number of carboxylic acids is 1. The van der Waals surface area contributed by atoms with E-state index in [0.717, 1.165) is 18.9 Å². The van der Waals surface area contributed by atoms with Crippen LogP contribution in [0.25, 0.3) is 0 Å². The molecule has 2 bridgehead atoms. The van der Waals surface area contributed by atoms with Gasteiger partial charge in [-0.3, -0.25) is 9.69 Å². The second kappa shape index (κ2) is 5.32. The van der Waals surface area contributed by atoms with Crippen LogP contribution >= 0.6 is 0 Å². The number of hydrogen-bond acceptors (Lipinski definition) is 2. The summed E-state index contributed by atoms with van der Waals surface area (Å²) in [5.41, 5.74) is 0.500. The number of piperidine rings is 1. The average molecular weight is 279 g/mol. The molecule has 3 rings (SSSR count). The summed E-state index contributed by atoms with van der Waals surface area (Å²) in [4.78, 5) is 13.8. The van der Waals surface area contributed by atoms with Crippen molar-refractivity contribution < 1.29 is 9.90 Å². The largest absolute Gasteiger partial charge is 0.481 e. The van der Waals surface area contributed by atoms with Gasteiger partial charge < -0.3 is 5.11 Å². The van der Waals surface area contributed by atoms with Crippen LogP contribution in [-0.2, 0) is 4.79 Å². The van der Waals surface area contributed by atoms with Gasteiger partial charge in [-0.05, 0) is 56.3 Å². The van der Waals surface area contributed by atoms with Crippen molar-refractivity contribution in [2.45, 2.75) is 89.8 Å². The third kappa shape index (κ3) is 2.88. The number of aliphatic carboxylic acids is 1. The van der Waals surface area contributed by atoms with Crippen molar-refractivity contribution >= 4 is 5.97 Å². The van der Waals surface area contributed by atoms with E-state index < -0.39 is 5.97 Å². The number of carboxylic acid groups (broad SMARTS) is 1. The zero-order valence-electron chi connectivity index (χ0n) is 13.0. The molecule has 2 saturated heterocycles. The van der Waals surface area contributed by atoms with Crippen LogP contribution in [0.1, 0.15) is 71.6 Å². The van der Waals surface area contributed by atoms with Gasteiger partial charge in [-0.2, -0.15) is 0 Å². The molecular weight excluding hydrogens is 250 g/mol. The lowest BCUT2D eigenvalue weighted by atomic mass is 9.73. The summed E-state index contributed by atoms with van der Waals surface area (Å²) in [7, 11) is 0. The van der Waals surface area contributed by atoms with Gasteiger partial charge in [0.2, 0.25) is 0 Å². The fourth-order valence-electron chi connectivity index (χ4n) is 5.25. The van der Waals surface area contributed by atoms with Crippen molar-refractivity contribution in [1.82, 2.24) is 4.90 Å². The summed E-state index contributed by atoms with van der Waals surface area (Å²) < 4.78 is 0.